The number of halogens is 5. The van der Waals surface area contributed by atoms with Gasteiger partial charge in [-0.3, -0.25) is 14.6 Å². The van der Waals surface area contributed by atoms with Gasteiger partial charge in [0.15, 0.2) is 5.78 Å². The molecular formula is C24H17Cl2F3N2O2. The first-order chi connectivity index (χ1) is 15.5. The van der Waals surface area contributed by atoms with Crippen LogP contribution in [0.5, 0.6) is 0 Å². The largest absolute Gasteiger partial charge is 0.417 e. The van der Waals surface area contributed by atoms with Crippen molar-refractivity contribution < 1.29 is 22.8 Å². The van der Waals surface area contributed by atoms with Crippen molar-refractivity contribution in [3.05, 3.63) is 105 Å². The van der Waals surface area contributed by atoms with Crippen LogP contribution < -0.4 is 5.32 Å². The fourth-order valence-corrected chi connectivity index (χ4v) is 3.62. The molecule has 0 radical (unpaired) electrons. The molecule has 170 valence electrons. The number of amides is 1. The lowest BCUT2D eigenvalue weighted by Gasteiger charge is -2.13. The monoisotopic (exact) mass is 492 g/mol. The Bertz CT molecular complexity index is 1210. The Balaban J connectivity index is 1.84. The maximum absolute atomic E-state index is 13.7. The second kappa shape index (κ2) is 10.2. The molecule has 0 unspecified atom stereocenters. The maximum Gasteiger partial charge on any atom is 0.417 e. The minimum Gasteiger partial charge on any atom is -0.346 e. The van der Waals surface area contributed by atoms with E-state index in [0.717, 1.165) is 12.1 Å². The summed E-state index contributed by atoms with van der Waals surface area (Å²) in [6.07, 6.45) is -2.71. The van der Waals surface area contributed by atoms with Crippen molar-refractivity contribution in [2.45, 2.75) is 19.6 Å². The average molecular weight is 493 g/mol. The molecule has 0 saturated carbocycles. The molecule has 1 N–H and O–H groups in total. The summed E-state index contributed by atoms with van der Waals surface area (Å²) in [5.41, 5.74) is -0.0940. The molecule has 0 bridgehead atoms. The fourth-order valence-electron chi connectivity index (χ4n) is 3.09. The van der Waals surface area contributed by atoms with Crippen LogP contribution in [-0.2, 0) is 6.54 Å². The van der Waals surface area contributed by atoms with Crippen LogP contribution in [0.1, 0.15) is 37.5 Å². The molecule has 0 aliphatic heterocycles. The van der Waals surface area contributed by atoms with E-state index in [9.17, 15) is 22.8 Å². The van der Waals surface area contributed by atoms with E-state index in [2.05, 4.69) is 10.3 Å². The smallest absolute Gasteiger partial charge is 0.346 e. The van der Waals surface area contributed by atoms with Crippen LogP contribution in [0, 0.1) is 6.92 Å². The summed E-state index contributed by atoms with van der Waals surface area (Å²) in [5, 5.41) is 2.74. The van der Waals surface area contributed by atoms with E-state index in [0.29, 0.717) is 22.9 Å². The normalized spacial score (nSPS) is 11.9. The van der Waals surface area contributed by atoms with Gasteiger partial charge in [-0.05, 0) is 66.6 Å². The lowest BCUT2D eigenvalue weighted by Crippen LogP contribution is -2.24. The molecule has 0 spiro atoms. The summed E-state index contributed by atoms with van der Waals surface area (Å²) in [7, 11) is 0. The first-order valence-electron chi connectivity index (χ1n) is 9.63. The van der Waals surface area contributed by atoms with Gasteiger partial charge in [0.2, 0.25) is 0 Å². The Morgan fingerprint density at radius 1 is 1.00 bits per heavy atom. The summed E-state index contributed by atoms with van der Waals surface area (Å²) >= 11 is 11.6. The van der Waals surface area contributed by atoms with Gasteiger partial charge >= 0.3 is 6.18 Å². The summed E-state index contributed by atoms with van der Waals surface area (Å²) in [6, 6.07) is 12.8. The zero-order valence-corrected chi connectivity index (χ0v) is 18.7. The molecule has 0 saturated heterocycles. The number of rotatable bonds is 6. The highest BCUT2D eigenvalue weighted by molar-refractivity contribution is 6.35. The lowest BCUT2D eigenvalue weighted by atomic mass is 9.98. The first kappa shape index (κ1) is 24.5. The summed E-state index contributed by atoms with van der Waals surface area (Å²) in [4.78, 5) is 29.2. The highest BCUT2D eigenvalue weighted by Crippen LogP contribution is 2.36. The van der Waals surface area contributed by atoms with Crippen molar-refractivity contribution in [1.29, 1.82) is 0 Å². The number of nitrogens with zero attached hydrogens (tertiary/aromatic N) is 1. The molecule has 0 fully saturated rings. The van der Waals surface area contributed by atoms with E-state index in [1.165, 1.54) is 24.3 Å². The van der Waals surface area contributed by atoms with Crippen molar-refractivity contribution in [3.63, 3.8) is 0 Å². The average Bonchev–Trinajstić information content (AvgIpc) is 2.74. The van der Waals surface area contributed by atoms with E-state index >= 15 is 0 Å². The number of carbonyl (C=O) groups is 2. The van der Waals surface area contributed by atoms with Crippen LogP contribution in [0.25, 0.3) is 5.57 Å². The van der Waals surface area contributed by atoms with E-state index in [4.69, 9.17) is 23.2 Å². The molecule has 2 aromatic carbocycles. The number of aryl methyl sites for hydroxylation is 1. The molecule has 1 amide bonds. The van der Waals surface area contributed by atoms with Gasteiger partial charge in [0.25, 0.3) is 5.91 Å². The van der Waals surface area contributed by atoms with Gasteiger partial charge in [0, 0.05) is 27.4 Å². The third-order valence-corrected chi connectivity index (χ3v) is 5.10. The Kier molecular flexibility index (Phi) is 7.56. The Hall–Kier alpha value is -3.16. The molecule has 1 aromatic heterocycles. The minimum atomic E-state index is -4.82. The van der Waals surface area contributed by atoms with Gasteiger partial charge in [0.1, 0.15) is 0 Å². The topological polar surface area (TPSA) is 59.1 Å². The number of hydrogen-bond acceptors (Lipinski definition) is 3. The number of allylic oxidation sites excluding steroid dienone is 2. The van der Waals surface area contributed by atoms with Gasteiger partial charge in [0.05, 0.1) is 17.8 Å². The molecular weight excluding hydrogens is 476 g/mol. The van der Waals surface area contributed by atoms with Crippen LogP contribution in [-0.4, -0.2) is 22.9 Å². The number of benzene rings is 2. The number of alkyl halides is 3. The van der Waals surface area contributed by atoms with Gasteiger partial charge in [-0.1, -0.05) is 35.3 Å². The standard InChI is InChI=1S/C24H17Cl2F3N2O2/c1-14-8-15(5-6-20(14)23(33)31-13-19-4-2-3-7-30-19)22(32)12-21(24(27,28)29)16-9-17(25)11-18(26)10-16/h2-12H,13H2,1H3,(H,31,33)/b21-12+. The van der Waals surface area contributed by atoms with Crippen LogP contribution in [0.2, 0.25) is 10.0 Å². The molecule has 33 heavy (non-hydrogen) atoms. The Labute approximate surface area is 198 Å². The number of hydrogen-bond donors (Lipinski definition) is 1. The number of ketones is 1. The Morgan fingerprint density at radius 2 is 1.70 bits per heavy atom. The molecule has 0 aliphatic carbocycles. The molecule has 3 aromatic rings. The van der Waals surface area contributed by atoms with Crippen LogP contribution >= 0.6 is 23.2 Å². The van der Waals surface area contributed by atoms with Crippen molar-refractivity contribution in [1.82, 2.24) is 10.3 Å². The van der Waals surface area contributed by atoms with Crippen LogP contribution in [0.3, 0.4) is 0 Å². The number of carbonyl (C=O) groups excluding carboxylic acids is 2. The van der Waals surface area contributed by atoms with Gasteiger partial charge < -0.3 is 5.32 Å². The van der Waals surface area contributed by atoms with Crippen molar-refractivity contribution in [3.8, 4) is 0 Å². The first-order valence-corrected chi connectivity index (χ1v) is 10.4. The molecule has 0 atom stereocenters. The molecule has 4 nitrogen and oxygen atoms in total. The van der Waals surface area contributed by atoms with E-state index < -0.39 is 23.4 Å². The minimum absolute atomic E-state index is 0.00338. The van der Waals surface area contributed by atoms with E-state index in [1.807, 2.05) is 0 Å². The van der Waals surface area contributed by atoms with E-state index in [1.54, 1.807) is 31.3 Å². The molecule has 1 heterocycles. The molecule has 0 aliphatic rings. The van der Waals surface area contributed by atoms with Crippen LogP contribution in [0.15, 0.2) is 66.9 Å². The third-order valence-electron chi connectivity index (χ3n) is 4.67. The van der Waals surface area contributed by atoms with Crippen molar-refractivity contribution in [2.24, 2.45) is 0 Å². The second-order valence-corrected chi connectivity index (χ2v) is 7.98. The summed E-state index contributed by atoms with van der Waals surface area (Å²) in [6.45, 7) is 1.80. The molecule has 3 rings (SSSR count). The SMILES string of the molecule is Cc1cc(C(=O)/C=C(\c2cc(Cl)cc(Cl)c2)C(F)(F)F)ccc1C(=O)NCc1ccccn1. The predicted molar refractivity (Wildman–Crippen MR) is 121 cm³/mol. The van der Waals surface area contributed by atoms with E-state index in [-0.39, 0.29) is 27.7 Å². The number of aromatic nitrogens is 1. The number of pyridine rings is 1. The lowest BCUT2D eigenvalue weighted by molar-refractivity contribution is -0.0689. The number of nitrogens with one attached hydrogen (secondary N) is 1. The van der Waals surface area contributed by atoms with Gasteiger partial charge in [-0.25, -0.2) is 0 Å². The zero-order chi connectivity index (χ0) is 24.2. The highest BCUT2D eigenvalue weighted by Gasteiger charge is 2.35. The summed E-state index contributed by atoms with van der Waals surface area (Å²) < 4.78 is 41.0. The summed E-state index contributed by atoms with van der Waals surface area (Å²) in [5.74, 6) is -1.26. The molecule has 9 heteroatoms. The quantitative estimate of drug-likeness (QED) is 0.317. The highest BCUT2D eigenvalue weighted by atomic mass is 35.5. The Morgan fingerprint density at radius 3 is 2.27 bits per heavy atom. The van der Waals surface area contributed by atoms with Crippen LogP contribution in [0.4, 0.5) is 13.2 Å². The van der Waals surface area contributed by atoms with Gasteiger partial charge in [-0.15, -0.1) is 0 Å². The third kappa shape index (κ3) is 6.43. The predicted octanol–water partition coefficient (Wildman–Crippen LogP) is 6.46. The van der Waals surface area contributed by atoms with Crippen molar-refractivity contribution in [2.75, 3.05) is 0 Å². The maximum atomic E-state index is 13.7. The fraction of sp³-hybridized carbons (Fsp3) is 0.125. The second-order valence-electron chi connectivity index (χ2n) is 7.11. The zero-order valence-electron chi connectivity index (χ0n) is 17.2. The van der Waals surface area contributed by atoms with Crippen molar-refractivity contribution >= 4 is 40.5 Å². The van der Waals surface area contributed by atoms with Gasteiger partial charge in [-0.2, -0.15) is 13.2 Å².